The highest BCUT2D eigenvalue weighted by Gasteiger charge is 2.14. The molecule has 3 nitrogen and oxygen atoms in total. The number of pyridine rings is 1. The van der Waals surface area contributed by atoms with E-state index in [4.69, 9.17) is 5.84 Å². The summed E-state index contributed by atoms with van der Waals surface area (Å²) in [6, 6.07) is 3.95. The van der Waals surface area contributed by atoms with Crippen LogP contribution in [0, 0.1) is 0 Å². The Labute approximate surface area is 85.0 Å². The van der Waals surface area contributed by atoms with Gasteiger partial charge >= 0.3 is 0 Å². The van der Waals surface area contributed by atoms with Crippen molar-refractivity contribution in [3.05, 3.63) is 41.7 Å². The van der Waals surface area contributed by atoms with Crippen molar-refractivity contribution in [1.29, 1.82) is 0 Å². The summed E-state index contributed by atoms with van der Waals surface area (Å²) in [5, 5.41) is 0. The van der Waals surface area contributed by atoms with Gasteiger partial charge in [0, 0.05) is 6.20 Å². The monoisotopic (exact) mass is 191 g/mol. The van der Waals surface area contributed by atoms with E-state index in [-0.39, 0.29) is 6.04 Å². The van der Waals surface area contributed by atoms with Crippen molar-refractivity contribution in [2.75, 3.05) is 0 Å². The standard InChI is InChI=1S/C11H17N3/c1-4-9-6-5-7-13-11(9)10(14-12)8(2)3/h5-7,10,14H,2,4,12H2,1,3H3. The van der Waals surface area contributed by atoms with E-state index in [1.807, 2.05) is 13.0 Å². The van der Waals surface area contributed by atoms with Crippen molar-refractivity contribution in [2.45, 2.75) is 26.3 Å². The number of aryl methyl sites for hydroxylation is 1. The molecule has 1 rings (SSSR count). The minimum atomic E-state index is -0.0499. The van der Waals surface area contributed by atoms with Gasteiger partial charge in [0.25, 0.3) is 0 Å². The first kappa shape index (κ1) is 10.9. The number of hydrogen-bond acceptors (Lipinski definition) is 3. The first-order valence-electron chi connectivity index (χ1n) is 4.76. The van der Waals surface area contributed by atoms with Gasteiger partial charge in [0.05, 0.1) is 11.7 Å². The fourth-order valence-corrected chi connectivity index (χ4v) is 1.46. The van der Waals surface area contributed by atoms with Crippen LogP contribution in [0.25, 0.3) is 0 Å². The van der Waals surface area contributed by atoms with Crippen molar-refractivity contribution < 1.29 is 0 Å². The minimum Gasteiger partial charge on any atom is -0.271 e. The number of aromatic nitrogens is 1. The predicted octanol–water partition coefficient (Wildman–Crippen LogP) is 1.72. The lowest BCUT2D eigenvalue weighted by Crippen LogP contribution is -2.30. The number of hydrazine groups is 1. The molecule has 14 heavy (non-hydrogen) atoms. The number of nitrogens with zero attached hydrogens (tertiary/aromatic N) is 1. The van der Waals surface area contributed by atoms with Crippen molar-refractivity contribution in [3.63, 3.8) is 0 Å². The van der Waals surface area contributed by atoms with Gasteiger partial charge in [0.2, 0.25) is 0 Å². The summed E-state index contributed by atoms with van der Waals surface area (Å²) >= 11 is 0. The number of hydrogen-bond donors (Lipinski definition) is 2. The number of rotatable bonds is 4. The first-order valence-corrected chi connectivity index (χ1v) is 4.76. The largest absolute Gasteiger partial charge is 0.271 e. The second kappa shape index (κ2) is 4.88. The molecule has 0 aromatic carbocycles. The molecule has 0 bridgehead atoms. The smallest absolute Gasteiger partial charge is 0.0839 e. The van der Waals surface area contributed by atoms with Gasteiger partial charge in [-0.3, -0.25) is 10.8 Å². The van der Waals surface area contributed by atoms with Crippen LogP contribution >= 0.6 is 0 Å². The Balaban J connectivity index is 3.08. The van der Waals surface area contributed by atoms with Crippen LogP contribution in [0.4, 0.5) is 0 Å². The third-order valence-corrected chi connectivity index (χ3v) is 2.24. The highest BCUT2D eigenvalue weighted by Crippen LogP contribution is 2.20. The summed E-state index contributed by atoms with van der Waals surface area (Å²) in [6.45, 7) is 7.94. The molecular weight excluding hydrogens is 174 g/mol. The molecule has 0 amide bonds. The van der Waals surface area contributed by atoms with Crippen LogP contribution in [0.1, 0.15) is 31.1 Å². The van der Waals surface area contributed by atoms with Gasteiger partial charge in [0.15, 0.2) is 0 Å². The van der Waals surface area contributed by atoms with E-state index in [1.54, 1.807) is 6.20 Å². The van der Waals surface area contributed by atoms with Gasteiger partial charge in [-0.25, -0.2) is 5.43 Å². The molecule has 0 aliphatic rings. The molecule has 76 valence electrons. The highest BCUT2D eigenvalue weighted by molar-refractivity contribution is 5.28. The molecule has 1 heterocycles. The van der Waals surface area contributed by atoms with Crippen molar-refractivity contribution in [2.24, 2.45) is 5.84 Å². The zero-order valence-electron chi connectivity index (χ0n) is 8.75. The summed E-state index contributed by atoms with van der Waals surface area (Å²) < 4.78 is 0. The van der Waals surface area contributed by atoms with Gasteiger partial charge in [-0.15, -0.1) is 0 Å². The summed E-state index contributed by atoms with van der Waals surface area (Å²) in [4.78, 5) is 4.34. The number of nitrogens with two attached hydrogens (primary N) is 1. The Bertz CT molecular complexity index is 320. The zero-order chi connectivity index (χ0) is 10.6. The molecule has 0 saturated heterocycles. The van der Waals surface area contributed by atoms with Gasteiger partial charge in [0.1, 0.15) is 0 Å². The predicted molar refractivity (Wildman–Crippen MR) is 58.5 cm³/mol. The molecule has 0 saturated carbocycles. The summed E-state index contributed by atoms with van der Waals surface area (Å²) in [5.41, 5.74) is 5.89. The molecule has 0 spiro atoms. The van der Waals surface area contributed by atoms with E-state index < -0.39 is 0 Å². The molecule has 1 atom stereocenters. The van der Waals surface area contributed by atoms with Gasteiger partial charge in [-0.05, 0) is 25.0 Å². The topological polar surface area (TPSA) is 50.9 Å². The quantitative estimate of drug-likeness (QED) is 0.433. The third-order valence-electron chi connectivity index (χ3n) is 2.24. The van der Waals surface area contributed by atoms with Crippen molar-refractivity contribution >= 4 is 0 Å². The normalized spacial score (nSPS) is 12.5. The average Bonchev–Trinajstić information content (AvgIpc) is 2.19. The number of nitrogens with one attached hydrogen (secondary N) is 1. The maximum absolute atomic E-state index is 5.48. The minimum absolute atomic E-state index is 0.0499. The molecule has 0 aliphatic heterocycles. The second-order valence-corrected chi connectivity index (χ2v) is 3.35. The van der Waals surface area contributed by atoms with E-state index in [2.05, 4.69) is 30.0 Å². The fraction of sp³-hybridized carbons (Fsp3) is 0.364. The molecule has 1 aromatic rings. The molecule has 3 heteroatoms. The Morgan fingerprint density at radius 2 is 2.43 bits per heavy atom. The van der Waals surface area contributed by atoms with E-state index in [1.165, 1.54) is 5.56 Å². The molecule has 0 radical (unpaired) electrons. The maximum Gasteiger partial charge on any atom is 0.0839 e. The Morgan fingerprint density at radius 1 is 1.71 bits per heavy atom. The molecule has 3 N–H and O–H groups in total. The molecule has 1 aromatic heterocycles. The van der Waals surface area contributed by atoms with E-state index >= 15 is 0 Å². The highest BCUT2D eigenvalue weighted by atomic mass is 15.2. The van der Waals surface area contributed by atoms with Crippen LogP contribution in [0.15, 0.2) is 30.5 Å². The lowest BCUT2D eigenvalue weighted by Gasteiger charge is -2.17. The lowest BCUT2D eigenvalue weighted by molar-refractivity contribution is 0.605. The van der Waals surface area contributed by atoms with Crippen LogP contribution < -0.4 is 11.3 Å². The molecule has 1 unspecified atom stereocenters. The van der Waals surface area contributed by atoms with E-state index in [0.29, 0.717) is 0 Å². The molecule has 0 aliphatic carbocycles. The third kappa shape index (κ3) is 2.19. The van der Waals surface area contributed by atoms with Crippen LogP contribution in [0.2, 0.25) is 0 Å². The maximum atomic E-state index is 5.48. The van der Waals surface area contributed by atoms with Gasteiger partial charge in [-0.1, -0.05) is 25.1 Å². The van der Waals surface area contributed by atoms with Gasteiger partial charge in [-0.2, -0.15) is 0 Å². The molecular formula is C11H17N3. The van der Waals surface area contributed by atoms with Gasteiger partial charge < -0.3 is 0 Å². The van der Waals surface area contributed by atoms with Crippen molar-refractivity contribution in [3.8, 4) is 0 Å². The summed E-state index contributed by atoms with van der Waals surface area (Å²) in [6.07, 6.45) is 2.73. The zero-order valence-corrected chi connectivity index (χ0v) is 8.75. The Morgan fingerprint density at radius 3 is 2.93 bits per heavy atom. The summed E-state index contributed by atoms with van der Waals surface area (Å²) in [5.74, 6) is 5.48. The second-order valence-electron chi connectivity index (χ2n) is 3.35. The Kier molecular flexibility index (Phi) is 3.80. The average molecular weight is 191 g/mol. The van der Waals surface area contributed by atoms with E-state index in [9.17, 15) is 0 Å². The van der Waals surface area contributed by atoms with E-state index in [0.717, 1.165) is 17.7 Å². The van der Waals surface area contributed by atoms with Crippen LogP contribution in [0.5, 0.6) is 0 Å². The van der Waals surface area contributed by atoms with Crippen LogP contribution in [-0.4, -0.2) is 4.98 Å². The molecule has 0 fully saturated rings. The Hall–Kier alpha value is -1.19. The lowest BCUT2D eigenvalue weighted by atomic mass is 10.0. The van der Waals surface area contributed by atoms with Crippen molar-refractivity contribution in [1.82, 2.24) is 10.4 Å². The fourth-order valence-electron chi connectivity index (χ4n) is 1.46. The summed E-state index contributed by atoms with van der Waals surface area (Å²) in [7, 11) is 0. The first-order chi connectivity index (χ1) is 6.70. The van der Waals surface area contributed by atoms with Crippen LogP contribution in [-0.2, 0) is 6.42 Å². The van der Waals surface area contributed by atoms with Crippen LogP contribution in [0.3, 0.4) is 0 Å². The SMILES string of the molecule is C=C(C)C(NN)c1ncccc1CC.